The third-order valence-corrected chi connectivity index (χ3v) is 3.89. The van der Waals surface area contributed by atoms with E-state index >= 15 is 0 Å². The molecule has 3 aromatic rings. The van der Waals surface area contributed by atoms with E-state index in [1.54, 1.807) is 36.4 Å². The van der Waals surface area contributed by atoms with Gasteiger partial charge >= 0.3 is 6.08 Å². The molecule has 1 heterocycles. The number of hydrogen-bond acceptors (Lipinski definition) is 5. The van der Waals surface area contributed by atoms with Crippen LogP contribution in [0.15, 0.2) is 47.0 Å². The second-order valence-electron chi connectivity index (χ2n) is 5.18. The highest BCUT2D eigenvalue weighted by Crippen LogP contribution is 2.26. The number of nitrogens with zero attached hydrogens (tertiary/aromatic N) is 2. The molecule has 0 aliphatic carbocycles. The van der Waals surface area contributed by atoms with Crippen molar-refractivity contribution in [1.82, 2.24) is 10.1 Å². The molecule has 0 saturated heterocycles. The molecule has 1 N–H and O–H groups in total. The lowest BCUT2D eigenvalue weighted by atomic mass is 10.2. The fourth-order valence-electron chi connectivity index (χ4n) is 2.06. The van der Waals surface area contributed by atoms with Gasteiger partial charge in [0, 0.05) is 5.56 Å². The van der Waals surface area contributed by atoms with Gasteiger partial charge < -0.3 is 10.1 Å². The van der Waals surface area contributed by atoms with Crippen LogP contribution in [0, 0.1) is 6.92 Å². The zero-order valence-corrected chi connectivity index (χ0v) is 14.6. The highest BCUT2D eigenvalue weighted by atomic mass is 35.5. The van der Waals surface area contributed by atoms with Crippen molar-refractivity contribution >= 4 is 34.8 Å². The summed E-state index contributed by atoms with van der Waals surface area (Å²) in [7, 11) is 0. The highest BCUT2D eigenvalue weighted by Gasteiger charge is 2.14. The van der Waals surface area contributed by atoms with Crippen molar-refractivity contribution in [1.29, 1.82) is 0 Å². The first-order chi connectivity index (χ1) is 12.0. The lowest BCUT2D eigenvalue weighted by molar-refractivity contribution is -0.118. The number of aryl methyl sites for hydroxylation is 1. The predicted octanol–water partition coefficient (Wildman–Crippen LogP) is 4.37. The van der Waals surface area contributed by atoms with E-state index in [9.17, 15) is 4.79 Å². The summed E-state index contributed by atoms with van der Waals surface area (Å²) >= 11 is 12.1. The molecule has 0 radical (unpaired) electrons. The molecule has 0 fully saturated rings. The fourth-order valence-corrected chi connectivity index (χ4v) is 2.56. The van der Waals surface area contributed by atoms with Crippen LogP contribution in [0.25, 0.3) is 11.4 Å². The molecule has 6 nitrogen and oxygen atoms in total. The molecule has 0 unspecified atom stereocenters. The summed E-state index contributed by atoms with van der Waals surface area (Å²) < 4.78 is 10.2. The average molecular weight is 378 g/mol. The van der Waals surface area contributed by atoms with E-state index in [1.807, 2.05) is 13.0 Å². The van der Waals surface area contributed by atoms with Crippen LogP contribution in [-0.2, 0) is 4.79 Å². The number of halogens is 2. The van der Waals surface area contributed by atoms with E-state index in [1.165, 1.54) is 0 Å². The molecule has 128 valence electrons. The first kappa shape index (κ1) is 17.3. The maximum atomic E-state index is 11.9. The number of rotatable bonds is 5. The number of carbonyl (C=O) groups is 1. The van der Waals surface area contributed by atoms with Crippen molar-refractivity contribution < 1.29 is 14.1 Å². The third-order valence-electron chi connectivity index (χ3n) is 3.25. The Hall–Kier alpha value is -2.57. The Morgan fingerprint density at radius 1 is 1.20 bits per heavy atom. The van der Waals surface area contributed by atoms with Crippen molar-refractivity contribution in [3.05, 3.63) is 58.1 Å². The molecule has 1 amide bonds. The van der Waals surface area contributed by atoms with Gasteiger partial charge in [0.1, 0.15) is 0 Å². The van der Waals surface area contributed by atoms with Crippen molar-refractivity contribution in [3.8, 4) is 17.5 Å². The Kier molecular flexibility index (Phi) is 5.21. The summed E-state index contributed by atoms with van der Waals surface area (Å²) in [5.41, 5.74) is 2.11. The number of hydrogen-bond donors (Lipinski definition) is 1. The van der Waals surface area contributed by atoms with E-state index in [0.717, 1.165) is 5.56 Å². The summed E-state index contributed by atoms with van der Waals surface area (Å²) in [5, 5.41) is 7.37. The van der Waals surface area contributed by atoms with Crippen LogP contribution in [-0.4, -0.2) is 22.7 Å². The second-order valence-corrected chi connectivity index (χ2v) is 6.00. The SMILES string of the molecule is Cc1ccc(NC(=O)COc2nc(-c3ccccc3Cl)no2)c(Cl)c1. The second kappa shape index (κ2) is 7.55. The monoisotopic (exact) mass is 377 g/mol. The minimum Gasteiger partial charge on any atom is -0.439 e. The van der Waals surface area contributed by atoms with Crippen molar-refractivity contribution in [2.45, 2.75) is 6.92 Å². The number of benzene rings is 2. The molecular weight excluding hydrogens is 365 g/mol. The maximum Gasteiger partial charge on any atom is 0.418 e. The molecule has 0 bridgehead atoms. The molecular formula is C17H13Cl2N3O3. The molecule has 0 aliphatic heterocycles. The molecule has 1 aromatic heterocycles. The van der Waals surface area contributed by atoms with E-state index in [4.69, 9.17) is 32.5 Å². The zero-order valence-electron chi connectivity index (χ0n) is 13.1. The summed E-state index contributed by atoms with van der Waals surface area (Å²) in [5.74, 6) is -0.120. The van der Waals surface area contributed by atoms with Crippen molar-refractivity contribution in [2.24, 2.45) is 0 Å². The molecule has 0 aliphatic rings. The lowest BCUT2D eigenvalue weighted by Crippen LogP contribution is -2.20. The Morgan fingerprint density at radius 3 is 2.76 bits per heavy atom. The number of carbonyl (C=O) groups excluding carboxylic acids is 1. The quantitative estimate of drug-likeness (QED) is 0.714. The third kappa shape index (κ3) is 4.29. The fraction of sp³-hybridized carbons (Fsp3) is 0.118. The molecule has 3 rings (SSSR count). The molecule has 2 aromatic carbocycles. The smallest absolute Gasteiger partial charge is 0.418 e. The minimum absolute atomic E-state index is 0.125. The molecule has 0 spiro atoms. The van der Waals surface area contributed by atoms with Crippen LogP contribution in [0.3, 0.4) is 0 Å². The lowest BCUT2D eigenvalue weighted by Gasteiger charge is -2.07. The topological polar surface area (TPSA) is 77.2 Å². The molecule has 8 heteroatoms. The largest absolute Gasteiger partial charge is 0.439 e. The van der Waals surface area contributed by atoms with Gasteiger partial charge in [-0.15, -0.1) is 0 Å². The normalized spacial score (nSPS) is 10.5. The van der Waals surface area contributed by atoms with E-state index in [-0.39, 0.29) is 18.5 Å². The van der Waals surface area contributed by atoms with E-state index in [2.05, 4.69) is 15.5 Å². The van der Waals surface area contributed by atoms with Crippen LogP contribution < -0.4 is 10.1 Å². The van der Waals surface area contributed by atoms with Crippen LogP contribution in [0.2, 0.25) is 10.0 Å². The van der Waals surface area contributed by atoms with Crippen LogP contribution >= 0.6 is 23.2 Å². The molecule has 25 heavy (non-hydrogen) atoms. The number of amides is 1. The van der Waals surface area contributed by atoms with Gasteiger partial charge in [-0.3, -0.25) is 9.32 Å². The standard InChI is InChI=1S/C17H13Cl2N3O3/c1-10-6-7-14(13(19)8-10)20-15(23)9-24-17-21-16(22-25-17)11-4-2-3-5-12(11)18/h2-8H,9H2,1H3,(H,20,23). The average Bonchev–Trinajstić information content (AvgIpc) is 3.05. The Balaban J connectivity index is 1.60. The first-order valence-electron chi connectivity index (χ1n) is 7.30. The van der Waals surface area contributed by atoms with Gasteiger partial charge in [0.25, 0.3) is 5.91 Å². The van der Waals surface area contributed by atoms with Crippen LogP contribution in [0.1, 0.15) is 5.56 Å². The number of aromatic nitrogens is 2. The van der Waals surface area contributed by atoms with Gasteiger partial charge in [-0.2, -0.15) is 4.98 Å². The first-order valence-corrected chi connectivity index (χ1v) is 8.06. The number of nitrogens with one attached hydrogen (secondary N) is 1. The molecule has 0 atom stereocenters. The Bertz CT molecular complexity index is 912. The van der Waals surface area contributed by atoms with Gasteiger partial charge in [0.2, 0.25) is 5.82 Å². The van der Waals surface area contributed by atoms with E-state index in [0.29, 0.717) is 21.3 Å². The molecule has 0 saturated carbocycles. The summed E-state index contributed by atoms with van der Waals surface area (Å²) in [4.78, 5) is 16.0. The summed E-state index contributed by atoms with van der Waals surface area (Å²) in [6.45, 7) is 1.61. The van der Waals surface area contributed by atoms with Gasteiger partial charge in [0.05, 0.1) is 15.7 Å². The van der Waals surface area contributed by atoms with Crippen LogP contribution in [0.5, 0.6) is 6.08 Å². The Morgan fingerprint density at radius 2 is 2.00 bits per heavy atom. The van der Waals surface area contributed by atoms with E-state index < -0.39 is 5.91 Å². The van der Waals surface area contributed by atoms with Gasteiger partial charge in [-0.05, 0) is 36.8 Å². The zero-order chi connectivity index (χ0) is 17.8. The van der Waals surface area contributed by atoms with Crippen molar-refractivity contribution in [3.63, 3.8) is 0 Å². The van der Waals surface area contributed by atoms with Crippen molar-refractivity contribution in [2.75, 3.05) is 11.9 Å². The maximum absolute atomic E-state index is 11.9. The summed E-state index contributed by atoms with van der Waals surface area (Å²) in [6, 6.07) is 12.4. The number of anilines is 1. The van der Waals surface area contributed by atoms with Crippen LogP contribution in [0.4, 0.5) is 5.69 Å². The summed E-state index contributed by atoms with van der Waals surface area (Å²) in [6.07, 6.45) is -0.125. The highest BCUT2D eigenvalue weighted by molar-refractivity contribution is 6.34. The minimum atomic E-state index is -0.400. The van der Waals surface area contributed by atoms with Gasteiger partial charge in [-0.25, -0.2) is 0 Å². The van der Waals surface area contributed by atoms with Gasteiger partial charge in [0.15, 0.2) is 6.61 Å². The number of ether oxygens (including phenoxy) is 1. The van der Waals surface area contributed by atoms with Gasteiger partial charge in [-0.1, -0.05) is 46.6 Å². The Labute approximate surface area is 153 Å². The predicted molar refractivity (Wildman–Crippen MR) is 95.1 cm³/mol.